The Morgan fingerprint density at radius 2 is 2.04 bits per heavy atom. The van der Waals surface area contributed by atoms with Crippen molar-refractivity contribution < 1.29 is 9.47 Å². The molecule has 2 atom stereocenters. The van der Waals surface area contributed by atoms with Crippen molar-refractivity contribution >= 4 is 5.95 Å². The Hall–Kier alpha value is -2.05. The number of anilines is 1. The van der Waals surface area contributed by atoms with Crippen molar-refractivity contribution in [1.82, 2.24) is 15.0 Å². The van der Waals surface area contributed by atoms with E-state index in [9.17, 15) is 0 Å². The topological polar surface area (TPSA) is 60.4 Å². The lowest BCUT2D eigenvalue weighted by atomic mass is 9.98. The molecule has 2 aliphatic rings. The highest BCUT2D eigenvalue weighted by Crippen LogP contribution is 2.37. The largest absolute Gasteiger partial charge is 0.370 e. The third kappa shape index (κ3) is 3.18. The van der Waals surface area contributed by atoms with Gasteiger partial charge in [-0.15, -0.1) is 0 Å². The monoisotopic (exact) mass is 312 g/mol. The van der Waals surface area contributed by atoms with Gasteiger partial charge in [-0.05, 0) is 24.6 Å². The van der Waals surface area contributed by atoms with Gasteiger partial charge in [0.05, 0.1) is 37.2 Å². The van der Waals surface area contributed by atoms with Gasteiger partial charge in [0, 0.05) is 31.6 Å². The predicted octanol–water partition coefficient (Wildman–Crippen LogP) is 1.83. The maximum Gasteiger partial charge on any atom is 0.225 e. The molecule has 120 valence electrons. The molecule has 0 saturated carbocycles. The van der Waals surface area contributed by atoms with Gasteiger partial charge in [-0.2, -0.15) is 0 Å². The van der Waals surface area contributed by atoms with Crippen molar-refractivity contribution in [3.63, 3.8) is 0 Å². The van der Waals surface area contributed by atoms with Gasteiger partial charge < -0.3 is 14.4 Å². The average Bonchev–Trinajstić information content (AvgIpc) is 3.22. The molecule has 6 heteroatoms. The standard InChI is InChI=1S/C17H20N4O2/c1-2-6-18-14(4-1)11-22-15-10-17(23-12-15)5-9-21(13-17)16-19-7-3-8-20-16/h1-4,6-8,15H,5,9-13H2/t15-,17+/m1/s1. The first kappa shape index (κ1) is 14.5. The molecule has 2 saturated heterocycles. The van der Waals surface area contributed by atoms with Crippen LogP contribution in [0, 0.1) is 0 Å². The quantitative estimate of drug-likeness (QED) is 0.858. The van der Waals surface area contributed by atoms with Crippen molar-refractivity contribution in [3.8, 4) is 0 Å². The summed E-state index contributed by atoms with van der Waals surface area (Å²) in [6.45, 7) is 2.95. The Morgan fingerprint density at radius 1 is 1.17 bits per heavy atom. The Bertz CT molecular complexity index is 640. The molecule has 1 spiro atoms. The lowest BCUT2D eigenvalue weighted by Gasteiger charge is -2.23. The van der Waals surface area contributed by atoms with Gasteiger partial charge in [-0.25, -0.2) is 9.97 Å². The maximum atomic E-state index is 6.11. The molecule has 0 amide bonds. The Balaban J connectivity index is 1.33. The van der Waals surface area contributed by atoms with Gasteiger partial charge in [0.2, 0.25) is 5.95 Å². The lowest BCUT2D eigenvalue weighted by molar-refractivity contribution is 0.00528. The predicted molar refractivity (Wildman–Crippen MR) is 85.0 cm³/mol. The summed E-state index contributed by atoms with van der Waals surface area (Å²) >= 11 is 0. The first-order chi connectivity index (χ1) is 11.3. The molecular weight excluding hydrogens is 292 g/mol. The molecule has 2 aliphatic heterocycles. The zero-order valence-corrected chi connectivity index (χ0v) is 13.0. The van der Waals surface area contributed by atoms with Crippen molar-refractivity contribution in [2.75, 3.05) is 24.6 Å². The first-order valence-corrected chi connectivity index (χ1v) is 8.00. The highest BCUT2D eigenvalue weighted by atomic mass is 16.6. The molecule has 2 aromatic heterocycles. The Morgan fingerprint density at radius 3 is 2.87 bits per heavy atom. The zero-order valence-electron chi connectivity index (χ0n) is 13.0. The summed E-state index contributed by atoms with van der Waals surface area (Å²) in [4.78, 5) is 15.1. The molecule has 0 bridgehead atoms. The minimum atomic E-state index is -0.117. The van der Waals surface area contributed by atoms with Crippen LogP contribution < -0.4 is 4.90 Å². The van der Waals surface area contributed by atoms with Crippen molar-refractivity contribution in [2.24, 2.45) is 0 Å². The van der Waals surface area contributed by atoms with E-state index in [0.29, 0.717) is 13.2 Å². The summed E-state index contributed by atoms with van der Waals surface area (Å²) in [5.41, 5.74) is 0.840. The van der Waals surface area contributed by atoms with Gasteiger partial charge >= 0.3 is 0 Å². The summed E-state index contributed by atoms with van der Waals surface area (Å²) in [5.74, 6) is 0.783. The number of hydrogen-bond acceptors (Lipinski definition) is 6. The summed E-state index contributed by atoms with van der Waals surface area (Å²) < 4.78 is 12.1. The van der Waals surface area contributed by atoms with E-state index in [4.69, 9.17) is 9.47 Å². The molecule has 6 nitrogen and oxygen atoms in total. The molecule has 0 unspecified atom stereocenters. The molecule has 0 aliphatic carbocycles. The Kier molecular flexibility index (Phi) is 3.93. The van der Waals surface area contributed by atoms with E-state index in [1.807, 2.05) is 24.3 Å². The van der Waals surface area contributed by atoms with Gasteiger partial charge in [0.1, 0.15) is 0 Å². The molecule has 0 N–H and O–H groups in total. The molecule has 2 fully saturated rings. The average molecular weight is 312 g/mol. The van der Waals surface area contributed by atoms with Crippen LogP contribution >= 0.6 is 0 Å². The van der Waals surface area contributed by atoms with Crippen LogP contribution in [-0.4, -0.2) is 46.4 Å². The van der Waals surface area contributed by atoms with E-state index < -0.39 is 0 Å². The fourth-order valence-electron chi connectivity index (χ4n) is 3.35. The number of rotatable bonds is 4. The molecule has 0 aromatic carbocycles. The zero-order chi connectivity index (χ0) is 15.5. The van der Waals surface area contributed by atoms with Crippen molar-refractivity contribution in [3.05, 3.63) is 48.5 Å². The summed E-state index contributed by atoms with van der Waals surface area (Å²) in [7, 11) is 0. The van der Waals surface area contributed by atoms with Crippen LogP contribution in [0.1, 0.15) is 18.5 Å². The molecule has 4 heterocycles. The highest BCUT2D eigenvalue weighted by Gasteiger charge is 2.46. The third-order valence-electron chi connectivity index (χ3n) is 4.52. The third-order valence-corrected chi connectivity index (χ3v) is 4.52. The van der Waals surface area contributed by atoms with Crippen LogP contribution in [0.4, 0.5) is 5.95 Å². The molecular formula is C17H20N4O2. The van der Waals surface area contributed by atoms with Gasteiger partial charge in [-0.1, -0.05) is 6.07 Å². The summed E-state index contributed by atoms with van der Waals surface area (Å²) in [6.07, 6.45) is 7.40. The van der Waals surface area contributed by atoms with E-state index in [1.54, 1.807) is 18.6 Å². The normalized spacial score (nSPS) is 27.0. The lowest BCUT2D eigenvalue weighted by Crippen LogP contribution is -2.33. The second-order valence-corrected chi connectivity index (χ2v) is 6.17. The maximum absolute atomic E-state index is 6.11. The van der Waals surface area contributed by atoms with Gasteiger partial charge in [-0.3, -0.25) is 4.98 Å². The van der Waals surface area contributed by atoms with Crippen LogP contribution in [-0.2, 0) is 16.1 Å². The van der Waals surface area contributed by atoms with E-state index in [0.717, 1.165) is 37.6 Å². The fourth-order valence-corrected chi connectivity index (χ4v) is 3.35. The molecule has 4 rings (SSSR count). The molecule has 0 radical (unpaired) electrons. The second-order valence-electron chi connectivity index (χ2n) is 6.17. The van der Waals surface area contributed by atoms with Crippen molar-refractivity contribution in [2.45, 2.75) is 31.2 Å². The van der Waals surface area contributed by atoms with Gasteiger partial charge in [0.25, 0.3) is 0 Å². The van der Waals surface area contributed by atoms with Gasteiger partial charge in [0.15, 0.2) is 0 Å². The van der Waals surface area contributed by atoms with E-state index >= 15 is 0 Å². The van der Waals surface area contributed by atoms with Crippen LogP contribution in [0.2, 0.25) is 0 Å². The molecule has 2 aromatic rings. The molecule has 23 heavy (non-hydrogen) atoms. The van der Waals surface area contributed by atoms with E-state index in [2.05, 4.69) is 19.9 Å². The number of nitrogens with zero attached hydrogens (tertiary/aromatic N) is 4. The number of pyridine rings is 1. The fraction of sp³-hybridized carbons (Fsp3) is 0.471. The number of hydrogen-bond donors (Lipinski definition) is 0. The smallest absolute Gasteiger partial charge is 0.225 e. The van der Waals surface area contributed by atoms with Crippen LogP contribution in [0.25, 0.3) is 0 Å². The number of ether oxygens (including phenoxy) is 2. The first-order valence-electron chi connectivity index (χ1n) is 8.00. The minimum Gasteiger partial charge on any atom is -0.370 e. The van der Waals surface area contributed by atoms with Crippen molar-refractivity contribution in [1.29, 1.82) is 0 Å². The SMILES string of the molecule is c1ccc(CO[C@H]2CO[C@@]3(CCN(c4ncccn4)C3)C2)nc1. The van der Waals surface area contributed by atoms with E-state index in [-0.39, 0.29) is 11.7 Å². The number of aromatic nitrogens is 3. The summed E-state index contributed by atoms with van der Waals surface area (Å²) in [5, 5.41) is 0. The highest BCUT2D eigenvalue weighted by molar-refractivity contribution is 5.32. The second kappa shape index (κ2) is 6.22. The van der Waals surface area contributed by atoms with Crippen LogP contribution in [0.5, 0.6) is 0 Å². The van der Waals surface area contributed by atoms with Crippen LogP contribution in [0.3, 0.4) is 0 Å². The summed E-state index contributed by atoms with van der Waals surface area (Å²) in [6, 6.07) is 7.71. The van der Waals surface area contributed by atoms with Crippen LogP contribution in [0.15, 0.2) is 42.9 Å². The Labute approximate surface area is 135 Å². The van der Waals surface area contributed by atoms with E-state index in [1.165, 1.54) is 0 Å². The minimum absolute atomic E-state index is 0.117.